The normalized spacial score (nSPS) is 10.6. The lowest BCUT2D eigenvalue weighted by Crippen LogP contribution is -2.20. The van der Waals surface area contributed by atoms with Gasteiger partial charge in [0, 0.05) is 34.0 Å². The van der Waals surface area contributed by atoms with E-state index in [1.54, 1.807) is 30.3 Å². The topological polar surface area (TPSA) is 123 Å². The second-order valence-corrected chi connectivity index (χ2v) is 7.33. The molecule has 0 aliphatic heterocycles. The van der Waals surface area contributed by atoms with Crippen LogP contribution in [-0.4, -0.2) is 29.6 Å². The number of non-ortho nitro benzene ring substituents is 1. The number of rotatable bonds is 8. The molecular weight excluding hydrogens is 448 g/mol. The van der Waals surface area contributed by atoms with Gasteiger partial charge in [0.15, 0.2) is 6.61 Å². The number of carbonyl (C=O) groups excluding carboxylic acids is 2. The molecule has 0 saturated heterocycles. The Bertz CT molecular complexity index is 1210. The highest BCUT2D eigenvalue weighted by Crippen LogP contribution is 2.21. The van der Waals surface area contributed by atoms with E-state index < -0.39 is 10.8 Å². The molecule has 0 radical (unpaired) electrons. The van der Waals surface area contributed by atoms with Gasteiger partial charge in [0.2, 0.25) is 0 Å². The molecule has 0 heterocycles. The molecule has 0 fully saturated rings. The Morgan fingerprint density at radius 1 is 1.12 bits per heavy atom. The molecule has 0 spiro atoms. The first-order valence-electron chi connectivity index (χ1n) is 9.68. The summed E-state index contributed by atoms with van der Waals surface area (Å²) in [6.07, 6.45) is 1.30. The Kier molecular flexibility index (Phi) is 7.72. The standard InChI is InChI=1S/C23H19ClN4O5/c1-15-5-8-19(9-6-15)26-22(29)14-33-21-10-7-18(24)11-17(21)13-25-27-23(30)16-3-2-4-20(12-16)28(31)32/h2-13H,14H2,1H3,(H,26,29)(H,27,30)/b25-13+. The van der Waals surface area contributed by atoms with E-state index in [9.17, 15) is 19.7 Å². The molecule has 9 nitrogen and oxygen atoms in total. The van der Waals surface area contributed by atoms with Crippen LogP contribution in [0.1, 0.15) is 21.5 Å². The number of anilines is 1. The molecule has 0 atom stereocenters. The Balaban J connectivity index is 1.63. The molecule has 3 aromatic rings. The van der Waals surface area contributed by atoms with Crippen LogP contribution in [0, 0.1) is 17.0 Å². The van der Waals surface area contributed by atoms with Crippen LogP contribution < -0.4 is 15.5 Å². The van der Waals surface area contributed by atoms with Crippen molar-refractivity contribution in [2.24, 2.45) is 5.10 Å². The van der Waals surface area contributed by atoms with Gasteiger partial charge in [0.25, 0.3) is 17.5 Å². The summed E-state index contributed by atoms with van der Waals surface area (Å²) in [5.41, 5.74) is 4.31. The number of nitro groups is 1. The highest BCUT2D eigenvalue weighted by molar-refractivity contribution is 6.30. The van der Waals surface area contributed by atoms with E-state index in [2.05, 4.69) is 15.8 Å². The monoisotopic (exact) mass is 466 g/mol. The summed E-state index contributed by atoms with van der Waals surface area (Å²) in [5, 5.41) is 17.9. The van der Waals surface area contributed by atoms with E-state index >= 15 is 0 Å². The Hall–Kier alpha value is -4.24. The van der Waals surface area contributed by atoms with Gasteiger partial charge in [-0.25, -0.2) is 5.43 Å². The third-order valence-corrected chi connectivity index (χ3v) is 4.59. The first-order valence-corrected chi connectivity index (χ1v) is 10.1. The molecule has 0 aliphatic rings. The van der Waals surface area contributed by atoms with Crippen LogP contribution in [0.3, 0.4) is 0 Å². The molecule has 0 saturated carbocycles. The van der Waals surface area contributed by atoms with Crippen molar-refractivity contribution in [2.75, 3.05) is 11.9 Å². The van der Waals surface area contributed by atoms with E-state index in [1.807, 2.05) is 19.1 Å². The smallest absolute Gasteiger partial charge is 0.271 e. The lowest BCUT2D eigenvalue weighted by molar-refractivity contribution is -0.384. The summed E-state index contributed by atoms with van der Waals surface area (Å²) in [7, 11) is 0. The maximum absolute atomic E-state index is 12.2. The van der Waals surface area contributed by atoms with Gasteiger partial charge in [-0.2, -0.15) is 5.10 Å². The fourth-order valence-electron chi connectivity index (χ4n) is 2.71. The van der Waals surface area contributed by atoms with Crippen LogP contribution >= 0.6 is 11.6 Å². The molecule has 33 heavy (non-hydrogen) atoms. The van der Waals surface area contributed by atoms with Gasteiger partial charge in [0.1, 0.15) is 5.75 Å². The molecule has 0 aliphatic carbocycles. The number of nitrogens with one attached hydrogen (secondary N) is 2. The van der Waals surface area contributed by atoms with Gasteiger partial charge < -0.3 is 10.1 Å². The largest absolute Gasteiger partial charge is 0.483 e. The zero-order valence-electron chi connectivity index (χ0n) is 17.4. The van der Waals surface area contributed by atoms with Gasteiger partial charge in [0.05, 0.1) is 11.1 Å². The predicted molar refractivity (Wildman–Crippen MR) is 125 cm³/mol. The Labute approximate surface area is 194 Å². The summed E-state index contributed by atoms with van der Waals surface area (Å²) in [6, 6.07) is 17.3. The number of hydrazone groups is 1. The van der Waals surface area contributed by atoms with E-state index in [-0.39, 0.29) is 23.8 Å². The third kappa shape index (κ3) is 6.88. The third-order valence-electron chi connectivity index (χ3n) is 4.35. The summed E-state index contributed by atoms with van der Waals surface area (Å²) in [5.74, 6) is -0.653. The Morgan fingerprint density at radius 3 is 2.61 bits per heavy atom. The molecule has 0 bridgehead atoms. The molecule has 2 amide bonds. The molecule has 168 valence electrons. The van der Waals surface area contributed by atoms with Crippen LogP contribution in [0.15, 0.2) is 71.8 Å². The summed E-state index contributed by atoms with van der Waals surface area (Å²) < 4.78 is 5.58. The molecule has 3 rings (SSSR count). The maximum Gasteiger partial charge on any atom is 0.271 e. The lowest BCUT2D eigenvalue weighted by Gasteiger charge is -2.10. The summed E-state index contributed by atoms with van der Waals surface area (Å²) in [4.78, 5) is 34.7. The van der Waals surface area contributed by atoms with Crippen molar-refractivity contribution in [3.05, 3.63) is 98.6 Å². The van der Waals surface area contributed by atoms with Crippen LogP contribution in [0.2, 0.25) is 5.02 Å². The lowest BCUT2D eigenvalue weighted by atomic mass is 10.2. The van der Waals surface area contributed by atoms with Crippen LogP contribution in [0.25, 0.3) is 0 Å². The molecule has 0 aromatic heterocycles. The van der Waals surface area contributed by atoms with Crippen LogP contribution in [-0.2, 0) is 4.79 Å². The van der Waals surface area contributed by atoms with Crippen molar-refractivity contribution in [3.63, 3.8) is 0 Å². The number of amides is 2. The van der Waals surface area contributed by atoms with Gasteiger partial charge in [-0.3, -0.25) is 19.7 Å². The van der Waals surface area contributed by atoms with Crippen molar-refractivity contribution in [1.29, 1.82) is 0 Å². The zero-order valence-corrected chi connectivity index (χ0v) is 18.2. The zero-order chi connectivity index (χ0) is 23.8. The minimum absolute atomic E-state index is 0.0803. The van der Waals surface area contributed by atoms with Crippen molar-refractivity contribution in [1.82, 2.24) is 5.43 Å². The highest BCUT2D eigenvalue weighted by atomic mass is 35.5. The van der Waals surface area contributed by atoms with Crippen LogP contribution in [0.5, 0.6) is 5.75 Å². The average Bonchev–Trinajstić information content (AvgIpc) is 2.80. The van der Waals surface area contributed by atoms with Gasteiger partial charge >= 0.3 is 0 Å². The van der Waals surface area contributed by atoms with Gasteiger partial charge in [-0.15, -0.1) is 0 Å². The number of hydrogen-bond acceptors (Lipinski definition) is 6. The molecule has 3 aromatic carbocycles. The molecular formula is C23H19ClN4O5. The number of ether oxygens (including phenoxy) is 1. The number of nitro benzene ring substituents is 1. The molecule has 0 unspecified atom stereocenters. The summed E-state index contributed by atoms with van der Waals surface area (Å²) >= 11 is 6.04. The SMILES string of the molecule is Cc1ccc(NC(=O)COc2ccc(Cl)cc2/C=N/NC(=O)c2cccc([N+](=O)[O-])c2)cc1. The fourth-order valence-corrected chi connectivity index (χ4v) is 2.90. The van der Waals surface area contributed by atoms with E-state index in [0.29, 0.717) is 22.0 Å². The highest BCUT2D eigenvalue weighted by Gasteiger charge is 2.11. The molecule has 10 heteroatoms. The Morgan fingerprint density at radius 2 is 1.88 bits per heavy atom. The second kappa shape index (κ2) is 10.9. The van der Waals surface area contributed by atoms with Crippen LogP contribution in [0.4, 0.5) is 11.4 Å². The van der Waals surface area contributed by atoms with Crippen molar-refractivity contribution >= 4 is 41.0 Å². The van der Waals surface area contributed by atoms with Crippen molar-refractivity contribution < 1.29 is 19.2 Å². The number of hydrogen-bond donors (Lipinski definition) is 2. The number of nitrogens with zero attached hydrogens (tertiary/aromatic N) is 2. The predicted octanol–water partition coefficient (Wildman–Crippen LogP) is 4.34. The first kappa shape index (κ1) is 23.4. The van der Waals surface area contributed by atoms with Crippen molar-refractivity contribution in [2.45, 2.75) is 6.92 Å². The quantitative estimate of drug-likeness (QED) is 0.290. The minimum Gasteiger partial charge on any atom is -0.483 e. The average molecular weight is 467 g/mol. The van der Waals surface area contributed by atoms with E-state index in [0.717, 1.165) is 11.6 Å². The van der Waals surface area contributed by atoms with E-state index in [1.165, 1.54) is 24.4 Å². The first-order chi connectivity index (χ1) is 15.8. The van der Waals surface area contributed by atoms with Gasteiger partial charge in [-0.05, 0) is 43.3 Å². The number of aryl methyl sites for hydroxylation is 1. The van der Waals surface area contributed by atoms with Crippen molar-refractivity contribution in [3.8, 4) is 5.75 Å². The minimum atomic E-state index is -0.628. The number of carbonyl (C=O) groups is 2. The second-order valence-electron chi connectivity index (χ2n) is 6.89. The number of benzene rings is 3. The van der Waals surface area contributed by atoms with E-state index in [4.69, 9.17) is 16.3 Å². The fraction of sp³-hybridized carbons (Fsp3) is 0.0870. The summed E-state index contributed by atoms with van der Waals surface area (Å²) in [6.45, 7) is 1.70. The maximum atomic E-state index is 12.2. The number of halogens is 1. The molecule has 2 N–H and O–H groups in total. The van der Waals surface area contributed by atoms with Gasteiger partial charge in [-0.1, -0.05) is 35.4 Å².